The SMILES string of the molecule is O=C(O)c1ccc(NC(=O)[C@H](CC2CCC2)c2ccc(-c3c(OC(F)F)ccc(Cl)c3F)c[n+]2[O-])cc1. The molecular formula is C26H22ClF3N2O5. The molecule has 0 saturated heterocycles. The Labute approximate surface area is 215 Å². The minimum atomic E-state index is -3.22. The van der Waals surface area contributed by atoms with Crippen LogP contribution in [-0.2, 0) is 4.79 Å². The van der Waals surface area contributed by atoms with Gasteiger partial charge in [0, 0.05) is 11.8 Å². The van der Waals surface area contributed by atoms with Gasteiger partial charge in [0.05, 0.1) is 21.7 Å². The van der Waals surface area contributed by atoms with Crippen LogP contribution in [0.5, 0.6) is 5.75 Å². The fourth-order valence-electron chi connectivity index (χ4n) is 4.26. The number of carboxylic acid groups (broad SMARTS) is 1. The maximum absolute atomic E-state index is 14.8. The number of carbonyl (C=O) groups is 2. The highest BCUT2D eigenvalue weighted by Crippen LogP contribution is 2.38. The summed E-state index contributed by atoms with van der Waals surface area (Å²) >= 11 is 5.83. The van der Waals surface area contributed by atoms with E-state index < -0.39 is 41.5 Å². The van der Waals surface area contributed by atoms with Gasteiger partial charge in [0.25, 0.3) is 0 Å². The zero-order valence-electron chi connectivity index (χ0n) is 19.3. The number of aromatic carboxylic acids is 1. The monoisotopic (exact) mass is 534 g/mol. The molecule has 1 aliphatic rings. The van der Waals surface area contributed by atoms with Crippen molar-refractivity contribution in [3.63, 3.8) is 0 Å². The van der Waals surface area contributed by atoms with Gasteiger partial charge in [-0.2, -0.15) is 13.5 Å². The van der Waals surface area contributed by atoms with Crippen LogP contribution in [-0.4, -0.2) is 23.6 Å². The van der Waals surface area contributed by atoms with Crippen LogP contribution in [0.4, 0.5) is 18.9 Å². The molecule has 3 aromatic rings. The van der Waals surface area contributed by atoms with Crippen LogP contribution in [0.1, 0.15) is 47.7 Å². The number of nitrogens with one attached hydrogen (secondary N) is 1. The lowest BCUT2D eigenvalue weighted by Gasteiger charge is -2.28. The molecule has 1 aliphatic carbocycles. The fraction of sp³-hybridized carbons (Fsp3) is 0.269. The lowest BCUT2D eigenvalue weighted by molar-refractivity contribution is -0.614. The average Bonchev–Trinajstić information content (AvgIpc) is 2.81. The van der Waals surface area contributed by atoms with Gasteiger partial charge in [-0.15, -0.1) is 0 Å². The van der Waals surface area contributed by atoms with E-state index in [-0.39, 0.29) is 27.8 Å². The molecule has 1 amide bonds. The smallest absolute Gasteiger partial charge is 0.387 e. The lowest BCUT2D eigenvalue weighted by Crippen LogP contribution is -2.38. The van der Waals surface area contributed by atoms with Gasteiger partial charge in [0.1, 0.15) is 11.7 Å². The number of aromatic nitrogens is 1. The van der Waals surface area contributed by atoms with Gasteiger partial charge in [-0.05, 0) is 54.8 Å². The fourth-order valence-corrected chi connectivity index (χ4v) is 4.41. The summed E-state index contributed by atoms with van der Waals surface area (Å²) in [5, 5.41) is 24.5. The lowest BCUT2D eigenvalue weighted by atomic mass is 9.77. The highest BCUT2D eigenvalue weighted by Gasteiger charge is 2.33. The third-order valence-corrected chi connectivity index (χ3v) is 6.66. The summed E-state index contributed by atoms with van der Waals surface area (Å²) in [7, 11) is 0. The van der Waals surface area contributed by atoms with Crippen molar-refractivity contribution in [1.82, 2.24) is 0 Å². The highest BCUT2D eigenvalue weighted by atomic mass is 35.5. The first-order valence-corrected chi connectivity index (χ1v) is 11.8. The van der Waals surface area contributed by atoms with Crippen LogP contribution >= 0.6 is 11.6 Å². The number of benzene rings is 2. The number of ether oxygens (including phenoxy) is 1. The molecule has 0 unspecified atom stereocenters. The standard InChI is InChI=1S/C26H22ClF3N2O5/c27-19-9-11-21(37-26(29)30)22(23(19)28)16-6-10-20(32(36)13-16)18(12-14-2-1-3-14)24(33)31-17-7-4-15(5-8-17)25(34)35/h4-11,13-14,18,26H,1-3,12H2,(H,31,33)(H,34,35)/t18-/m1/s1. The molecular weight excluding hydrogens is 513 g/mol. The number of rotatable bonds is 9. The predicted octanol–water partition coefficient (Wildman–Crippen LogP) is 5.99. The number of nitrogens with zero attached hydrogens (tertiary/aromatic N) is 1. The van der Waals surface area contributed by atoms with Crippen LogP contribution in [0.25, 0.3) is 11.1 Å². The number of pyridine rings is 1. The van der Waals surface area contributed by atoms with Gasteiger partial charge < -0.3 is 20.4 Å². The van der Waals surface area contributed by atoms with Gasteiger partial charge in [-0.25, -0.2) is 9.18 Å². The molecule has 2 N–H and O–H groups in total. The summed E-state index contributed by atoms with van der Waals surface area (Å²) < 4.78 is 45.4. The molecule has 37 heavy (non-hydrogen) atoms. The molecule has 4 rings (SSSR count). The first-order valence-electron chi connectivity index (χ1n) is 11.4. The van der Waals surface area contributed by atoms with E-state index in [2.05, 4.69) is 10.1 Å². The van der Waals surface area contributed by atoms with Gasteiger partial charge in [0.2, 0.25) is 11.6 Å². The Morgan fingerprint density at radius 3 is 2.41 bits per heavy atom. The van der Waals surface area contributed by atoms with Gasteiger partial charge >= 0.3 is 12.6 Å². The van der Waals surface area contributed by atoms with Crippen molar-refractivity contribution in [1.29, 1.82) is 0 Å². The summed E-state index contributed by atoms with van der Waals surface area (Å²) in [6.07, 6.45) is 4.23. The largest absolute Gasteiger partial charge is 0.618 e. The number of halogens is 4. The maximum Gasteiger partial charge on any atom is 0.387 e. The zero-order chi connectivity index (χ0) is 26.7. The molecule has 0 aliphatic heterocycles. The Morgan fingerprint density at radius 1 is 1.14 bits per heavy atom. The van der Waals surface area contributed by atoms with E-state index in [1.807, 2.05) is 0 Å². The van der Waals surface area contributed by atoms with Crippen LogP contribution in [0.2, 0.25) is 5.02 Å². The molecule has 1 aromatic heterocycles. The average molecular weight is 535 g/mol. The van der Waals surface area contributed by atoms with Crippen LogP contribution in [0.3, 0.4) is 0 Å². The first-order chi connectivity index (χ1) is 17.6. The normalized spacial score (nSPS) is 14.2. The summed E-state index contributed by atoms with van der Waals surface area (Å²) in [5.41, 5.74) is 0.0518. The van der Waals surface area contributed by atoms with Crippen molar-refractivity contribution in [3.05, 3.63) is 82.0 Å². The van der Waals surface area contributed by atoms with Crippen LogP contribution < -0.4 is 14.8 Å². The zero-order valence-corrected chi connectivity index (χ0v) is 20.1. The summed E-state index contributed by atoms with van der Waals surface area (Å²) in [6.45, 7) is -3.22. The molecule has 194 valence electrons. The van der Waals surface area contributed by atoms with E-state index in [1.165, 1.54) is 36.4 Å². The van der Waals surface area contributed by atoms with E-state index in [0.717, 1.165) is 37.6 Å². The van der Waals surface area contributed by atoms with Crippen molar-refractivity contribution in [2.75, 3.05) is 5.32 Å². The minimum absolute atomic E-state index is 0.0542. The van der Waals surface area contributed by atoms with Crippen LogP contribution in [0, 0.1) is 16.9 Å². The molecule has 7 nitrogen and oxygen atoms in total. The number of amides is 1. The summed E-state index contributed by atoms with van der Waals surface area (Å²) in [6, 6.07) is 10.4. The molecule has 1 heterocycles. The van der Waals surface area contributed by atoms with E-state index in [1.54, 1.807) is 0 Å². The quantitative estimate of drug-likeness (QED) is 0.259. The number of carboxylic acids is 1. The highest BCUT2D eigenvalue weighted by molar-refractivity contribution is 6.31. The Hall–Kier alpha value is -3.79. The van der Waals surface area contributed by atoms with Crippen molar-refractivity contribution >= 4 is 29.2 Å². The Balaban J connectivity index is 1.66. The van der Waals surface area contributed by atoms with Crippen molar-refractivity contribution in [2.24, 2.45) is 5.92 Å². The van der Waals surface area contributed by atoms with Crippen molar-refractivity contribution < 1.29 is 37.3 Å². The number of hydrogen-bond donors (Lipinski definition) is 2. The maximum atomic E-state index is 14.8. The van der Waals surface area contributed by atoms with E-state index in [4.69, 9.17) is 16.7 Å². The van der Waals surface area contributed by atoms with Gasteiger partial charge in [0.15, 0.2) is 12.0 Å². The molecule has 11 heteroatoms. The van der Waals surface area contributed by atoms with Gasteiger partial charge in [-0.1, -0.05) is 30.9 Å². The Morgan fingerprint density at radius 2 is 1.84 bits per heavy atom. The Kier molecular flexibility index (Phi) is 7.87. The first kappa shape index (κ1) is 26.3. The second-order valence-electron chi connectivity index (χ2n) is 8.74. The predicted molar refractivity (Wildman–Crippen MR) is 129 cm³/mol. The molecule has 1 atom stereocenters. The molecule has 2 aromatic carbocycles. The van der Waals surface area contributed by atoms with E-state index in [0.29, 0.717) is 16.8 Å². The summed E-state index contributed by atoms with van der Waals surface area (Å²) in [4.78, 5) is 24.3. The molecule has 0 radical (unpaired) electrons. The molecule has 0 spiro atoms. The molecule has 1 fully saturated rings. The number of alkyl halides is 2. The topological polar surface area (TPSA) is 103 Å². The third-order valence-electron chi connectivity index (χ3n) is 6.37. The number of carbonyl (C=O) groups excluding carboxylic acids is 1. The number of anilines is 1. The van der Waals surface area contributed by atoms with E-state index in [9.17, 15) is 28.0 Å². The Bertz CT molecular complexity index is 1320. The molecule has 0 bridgehead atoms. The number of hydrogen-bond acceptors (Lipinski definition) is 4. The van der Waals surface area contributed by atoms with Crippen LogP contribution in [0.15, 0.2) is 54.7 Å². The second-order valence-corrected chi connectivity index (χ2v) is 9.15. The van der Waals surface area contributed by atoms with E-state index >= 15 is 0 Å². The van der Waals surface area contributed by atoms with Crippen molar-refractivity contribution in [3.8, 4) is 16.9 Å². The van der Waals surface area contributed by atoms with Gasteiger partial charge in [-0.3, -0.25) is 4.79 Å². The molecule has 1 saturated carbocycles. The second kappa shape index (κ2) is 11.1. The van der Waals surface area contributed by atoms with Crippen molar-refractivity contribution in [2.45, 2.75) is 38.2 Å². The third kappa shape index (κ3) is 5.96. The summed E-state index contributed by atoms with van der Waals surface area (Å²) in [5.74, 6) is -3.72. The minimum Gasteiger partial charge on any atom is -0.618 e.